The van der Waals surface area contributed by atoms with Crippen LogP contribution in [0.3, 0.4) is 0 Å². The van der Waals surface area contributed by atoms with Gasteiger partial charge < -0.3 is 15.0 Å². The Morgan fingerprint density at radius 1 is 1.55 bits per heavy atom. The number of hydrogen-bond acceptors (Lipinski definition) is 5. The van der Waals surface area contributed by atoms with Gasteiger partial charge in [-0.25, -0.2) is 9.78 Å². The third kappa shape index (κ3) is 4.62. The molecule has 0 saturated carbocycles. The standard InChI is InChI=1S/C16H22N4O2/c1-16(2,3)22-15(21)19-13-5-4-8-20(11-13)14-9-12(10-17)6-7-18-14/h6-7,9,13H,4-5,8,11H2,1-3H3,(H,19,21). The molecule has 0 radical (unpaired) electrons. The van der Waals surface area contributed by atoms with Crippen LogP contribution in [0.25, 0.3) is 0 Å². The third-order valence-electron chi connectivity index (χ3n) is 3.34. The van der Waals surface area contributed by atoms with Crippen molar-refractivity contribution in [3.8, 4) is 6.07 Å². The molecule has 22 heavy (non-hydrogen) atoms. The summed E-state index contributed by atoms with van der Waals surface area (Å²) in [4.78, 5) is 18.3. The van der Waals surface area contributed by atoms with Gasteiger partial charge in [0.15, 0.2) is 0 Å². The number of piperidine rings is 1. The second-order valence-corrected chi connectivity index (χ2v) is 6.45. The Balaban J connectivity index is 1.97. The summed E-state index contributed by atoms with van der Waals surface area (Å²) < 4.78 is 5.29. The second kappa shape index (κ2) is 6.65. The largest absolute Gasteiger partial charge is 0.444 e. The van der Waals surface area contributed by atoms with Crippen molar-refractivity contribution in [1.29, 1.82) is 5.26 Å². The maximum atomic E-state index is 11.9. The Labute approximate surface area is 131 Å². The van der Waals surface area contributed by atoms with Crippen molar-refractivity contribution in [3.05, 3.63) is 23.9 Å². The predicted molar refractivity (Wildman–Crippen MR) is 83.6 cm³/mol. The normalized spacial score (nSPS) is 18.5. The van der Waals surface area contributed by atoms with E-state index in [1.54, 1.807) is 18.3 Å². The minimum Gasteiger partial charge on any atom is -0.444 e. The molecule has 1 aliphatic rings. The van der Waals surface area contributed by atoms with E-state index in [-0.39, 0.29) is 6.04 Å². The first-order valence-corrected chi connectivity index (χ1v) is 7.48. The summed E-state index contributed by atoms with van der Waals surface area (Å²) in [7, 11) is 0. The summed E-state index contributed by atoms with van der Waals surface area (Å²) in [6.45, 7) is 7.07. The number of nitrogens with one attached hydrogen (secondary N) is 1. The molecule has 1 amide bonds. The SMILES string of the molecule is CC(C)(C)OC(=O)NC1CCCN(c2cc(C#N)ccn2)C1. The lowest BCUT2D eigenvalue weighted by Gasteiger charge is -2.34. The fourth-order valence-corrected chi connectivity index (χ4v) is 2.44. The molecule has 0 spiro atoms. The fourth-order valence-electron chi connectivity index (χ4n) is 2.44. The fraction of sp³-hybridized carbons (Fsp3) is 0.562. The highest BCUT2D eigenvalue weighted by Crippen LogP contribution is 2.19. The van der Waals surface area contributed by atoms with Crippen molar-refractivity contribution >= 4 is 11.9 Å². The minimum absolute atomic E-state index is 0.0242. The van der Waals surface area contributed by atoms with Crippen LogP contribution in [0.15, 0.2) is 18.3 Å². The van der Waals surface area contributed by atoms with Gasteiger partial charge in [0.05, 0.1) is 11.6 Å². The zero-order valence-corrected chi connectivity index (χ0v) is 13.3. The van der Waals surface area contributed by atoms with E-state index in [0.29, 0.717) is 12.1 Å². The van der Waals surface area contributed by atoms with Crippen LogP contribution in [0.5, 0.6) is 0 Å². The van der Waals surface area contributed by atoms with Gasteiger partial charge in [0.1, 0.15) is 11.4 Å². The molecule has 1 N–H and O–H groups in total. The molecule has 1 atom stereocenters. The number of alkyl carbamates (subject to hydrolysis) is 1. The Bertz CT molecular complexity index is 574. The molecule has 2 heterocycles. The van der Waals surface area contributed by atoms with Crippen LogP contribution < -0.4 is 10.2 Å². The number of nitrogens with zero attached hydrogens (tertiary/aromatic N) is 3. The highest BCUT2D eigenvalue weighted by Gasteiger charge is 2.24. The molecule has 1 unspecified atom stereocenters. The average Bonchev–Trinajstić information content (AvgIpc) is 2.45. The van der Waals surface area contributed by atoms with Crippen LogP contribution in [-0.2, 0) is 4.74 Å². The first-order chi connectivity index (χ1) is 10.4. The van der Waals surface area contributed by atoms with Crippen molar-refractivity contribution in [2.45, 2.75) is 45.3 Å². The van der Waals surface area contributed by atoms with Gasteiger partial charge in [-0.15, -0.1) is 0 Å². The molecule has 118 valence electrons. The Morgan fingerprint density at radius 3 is 3.00 bits per heavy atom. The molecule has 0 aromatic carbocycles. The van der Waals surface area contributed by atoms with Crippen molar-refractivity contribution in [3.63, 3.8) is 0 Å². The van der Waals surface area contributed by atoms with E-state index in [4.69, 9.17) is 10.00 Å². The number of hydrogen-bond donors (Lipinski definition) is 1. The van der Waals surface area contributed by atoms with Gasteiger partial charge in [-0.1, -0.05) is 0 Å². The molecule has 1 fully saturated rings. The number of carbonyl (C=O) groups is 1. The number of ether oxygens (including phenoxy) is 1. The lowest BCUT2D eigenvalue weighted by molar-refractivity contribution is 0.0500. The predicted octanol–water partition coefficient (Wildman–Crippen LogP) is 2.45. The van der Waals surface area contributed by atoms with Gasteiger partial charge in [0.25, 0.3) is 0 Å². The Kier molecular flexibility index (Phi) is 4.86. The van der Waals surface area contributed by atoms with Crippen molar-refractivity contribution in [2.75, 3.05) is 18.0 Å². The summed E-state index contributed by atoms with van der Waals surface area (Å²) in [6.07, 6.45) is 3.11. The lowest BCUT2D eigenvalue weighted by atomic mass is 10.1. The van der Waals surface area contributed by atoms with Gasteiger partial charge in [-0.3, -0.25) is 0 Å². The van der Waals surface area contributed by atoms with Crippen molar-refractivity contribution in [2.24, 2.45) is 0 Å². The molecule has 1 aromatic heterocycles. The summed E-state index contributed by atoms with van der Waals surface area (Å²) in [5.41, 5.74) is 0.0911. The number of anilines is 1. The summed E-state index contributed by atoms with van der Waals surface area (Å²) in [5.74, 6) is 0.773. The molecule has 2 rings (SSSR count). The topological polar surface area (TPSA) is 78.2 Å². The maximum Gasteiger partial charge on any atom is 0.407 e. The van der Waals surface area contributed by atoms with E-state index >= 15 is 0 Å². The highest BCUT2D eigenvalue weighted by atomic mass is 16.6. The third-order valence-corrected chi connectivity index (χ3v) is 3.34. The van der Waals surface area contributed by atoms with E-state index < -0.39 is 11.7 Å². The zero-order chi connectivity index (χ0) is 16.2. The highest BCUT2D eigenvalue weighted by molar-refractivity contribution is 5.68. The number of nitriles is 1. The van der Waals surface area contributed by atoms with Crippen LogP contribution in [0.4, 0.5) is 10.6 Å². The van der Waals surface area contributed by atoms with Crippen LogP contribution in [0, 0.1) is 11.3 Å². The van der Waals surface area contributed by atoms with Crippen molar-refractivity contribution in [1.82, 2.24) is 10.3 Å². The number of aromatic nitrogens is 1. The van der Waals surface area contributed by atoms with Gasteiger partial charge in [0.2, 0.25) is 0 Å². The molecule has 6 heteroatoms. The van der Waals surface area contributed by atoms with E-state index in [2.05, 4.69) is 21.3 Å². The van der Waals surface area contributed by atoms with E-state index in [1.807, 2.05) is 20.8 Å². The minimum atomic E-state index is -0.499. The van der Waals surface area contributed by atoms with Gasteiger partial charge in [-0.2, -0.15) is 5.26 Å². The molecule has 1 saturated heterocycles. The zero-order valence-electron chi connectivity index (χ0n) is 13.3. The van der Waals surface area contributed by atoms with E-state index in [1.165, 1.54) is 0 Å². The van der Waals surface area contributed by atoms with Crippen LogP contribution >= 0.6 is 0 Å². The van der Waals surface area contributed by atoms with E-state index in [9.17, 15) is 4.79 Å². The number of rotatable bonds is 2. The van der Waals surface area contributed by atoms with Crippen molar-refractivity contribution < 1.29 is 9.53 Å². The number of amides is 1. The Morgan fingerprint density at radius 2 is 2.32 bits per heavy atom. The molecular formula is C16H22N4O2. The summed E-state index contributed by atoms with van der Waals surface area (Å²) >= 11 is 0. The van der Waals surface area contributed by atoms with Crippen LogP contribution in [-0.4, -0.2) is 35.8 Å². The summed E-state index contributed by atoms with van der Waals surface area (Å²) in [6, 6.07) is 5.60. The van der Waals surface area contributed by atoms with Crippen LogP contribution in [0.2, 0.25) is 0 Å². The van der Waals surface area contributed by atoms with Crippen LogP contribution in [0.1, 0.15) is 39.2 Å². The quantitative estimate of drug-likeness (QED) is 0.908. The second-order valence-electron chi connectivity index (χ2n) is 6.45. The summed E-state index contributed by atoms with van der Waals surface area (Å²) in [5, 5.41) is 11.9. The first-order valence-electron chi connectivity index (χ1n) is 7.48. The van der Waals surface area contributed by atoms with E-state index in [0.717, 1.165) is 25.2 Å². The molecule has 1 aromatic rings. The average molecular weight is 302 g/mol. The monoisotopic (exact) mass is 302 g/mol. The van der Waals surface area contributed by atoms with Gasteiger partial charge >= 0.3 is 6.09 Å². The van der Waals surface area contributed by atoms with Gasteiger partial charge in [0, 0.05) is 25.3 Å². The molecule has 0 bridgehead atoms. The van der Waals surface area contributed by atoms with Gasteiger partial charge in [-0.05, 0) is 45.7 Å². The lowest BCUT2D eigenvalue weighted by Crippen LogP contribution is -2.49. The molecule has 0 aliphatic carbocycles. The number of pyridine rings is 1. The Hall–Kier alpha value is -2.29. The smallest absolute Gasteiger partial charge is 0.407 e. The molecular weight excluding hydrogens is 280 g/mol. The number of carbonyl (C=O) groups excluding carboxylic acids is 1. The maximum absolute atomic E-state index is 11.9. The molecule has 6 nitrogen and oxygen atoms in total. The first kappa shape index (κ1) is 16.1. The molecule has 1 aliphatic heterocycles.